The lowest BCUT2D eigenvalue weighted by Gasteiger charge is -2.43. The van der Waals surface area contributed by atoms with E-state index in [0.29, 0.717) is 12.2 Å². The van der Waals surface area contributed by atoms with Crippen molar-refractivity contribution in [1.82, 2.24) is 0 Å². The lowest BCUT2D eigenvalue weighted by atomic mass is 9.85. The fourth-order valence-corrected chi connectivity index (χ4v) is 2.73. The van der Waals surface area contributed by atoms with Crippen LogP contribution in [0.25, 0.3) is 0 Å². The molecular formula is C17H25NO. The number of carbonyl (C=O) groups is 1. The summed E-state index contributed by atoms with van der Waals surface area (Å²) >= 11 is 0. The zero-order valence-corrected chi connectivity index (χ0v) is 12.8. The third-order valence-corrected chi connectivity index (χ3v) is 4.19. The number of anilines is 1. The highest BCUT2D eigenvalue weighted by Gasteiger charge is 2.37. The molecule has 1 aromatic carbocycles. The van der Waals surface area contributed by atoms with E-state index in [1.165, 1.54) is 5.56 Å². The van der Waals surface area contributed by atoms with E-state index >= 15 is 0 Å². The second-order valence-corrected chi connectivity index (χ2v) is 7.03. The first-order valence-electron chi connectivity index (χ1n) is 7.14. The van der Waals surface area contributed by atoms with Gasteiger partial charge >= 0.3 is 0 Å². The first-order chi connectivity index (χ1) is 8.73. The van der Waals surface area contributed by atoms with Crippen molar-refractivity contribution in [3.05, 3.63) is 29.8 Å². The minimum atomic E-state index is -0.374. The molecule has 1 heterocycles. The molecule has 104 valence electrons. The Morgan fingerprint density at radius 1 is 1.11 bits per heavy atom. The van der Waals surface area contributed by atoms with Gasteiger partial charge in [-0.3, -0.25) is 4.79 Å². The van der Waals surface area contributed by atoms with Crippen LogP contribution in [0.2, 0.25) is 0 Å². The van der Waals surface area contributed by atoms with Gasteiger partial charge in [0.05, 0.1) is 5.54 Å². The molecule has 1 aliphatic rings. The van der Waals surface area contributed by atoms with Gasteiger partial charge in [0.2, 0.25) is 0 Å². The van der Waals surface area contributed by atoms with Crippen LogP contribution in [-0.2, 0) is 10.2 Å². The van der Waals surface area contributed by atoms with Crippen LogP contribution in [0.15, 0.2) is 24.3 Å². The zero-order valence-electron chi connectivity index (χ0n) is 12.8. The molecule has 0 aliphatic carbocycles. The van der Waals surface area contributed by atoms with Gasteiger partial charge in [0.1, 0.15) is 0 Å². The van der Waals surface area contributed by atoms with E-state index in [2.05, 4.69) is 49.9 Å². The average molecular weight is 259 g/mol. The molecule has 0 bridgehead atoms. The standard InChI is InChI=1S/C17H25NO/c1-16(2,3)13-8-10-14(11-9-13)18-12-6-7-15(19)17(18,4)5/h8-11H,6-7,12H2,1-5H3. The van der Waals surface area contributed by atoms with Crippen LogP contribution in [0.4, 0.5) is 5.69 Å². The van der Waals surface area contributed by atoms with Crippen molar-refractivity contribution in [3.63, 3.8) is 0 Å². The van der Waals surface area contributed by atoms with Crippen LogP contribution >= 0.6 is 0 Å². The van der Waals surface area contributed by atoms with E-state index in [4.69, 9.17) is 0 Å². The monoisotopic (exact) mass is 259 g/mol. The van der Waals surface area contributed by atoms with E-state index in [1.54, 1.807) is 0 Å². The number of hydrogen-bond donors (Lipinski definition) is 0. The maximum Gasteiger partial charge on any atom is 0.157 e. The number of piperidine rings is 1. The van der Waals surface area contributed by atoms with Gasteiger partial charge in [-0.05, 0) is 43.4 Å². The first-order valence-corrected chi connectivity index (χ1v) is 7.14. The highest BCUT2D eigenvalue weighted by Crippen LogP contribution is 2.32. The van der Waals surface area contributed by atoms with Gasteiger partial charge < -0.3 is 4.90 Å². The summed E-state index contributed by atoms with van der Waals surface area (Å²) in [4.78, 5) is 14.3. The number of Topliss-reactive ketones (excluding diaryl/α,β-unsaturated/α-hetero) is 1. The summed E-state index contributed by atoms with van der Waals surface area (Å²) in [7, 11) is 0. The Hall–Kier alpha value is -1.31. The zero-order chi connectivity index (χ0) is 14.3. The number of rotatable bonds is 1. The number of benzene rings is 1. The van der Waals surface area contributed by atoms with Crippen LogP contribution < -0.4 is 4.90 Å². The first kappa shape index (κ1) is 14.1. The Labute approximate surface area is 116 Å². The Bertz CT molecular complexity index is 465. The van der Waals surface area contributed by atoms with E-state index < -0.39 is 0 Å². The number of carbonyl (C=O) groups excluding carboxylic acids is 1. The van der Waals surface area contributed by atoms with Gasteiger partial charge in [-0.25, -0.2) is 0 Å². The fraction of sp³-hybridized carbons (Fsp3) is 0.588. The van der Waals surface area contributed by atoms with Gasteiger partial charge in [-0.15, -0.1) is 0 Å². The molecule has 1 aromatic rings. The highest BCUT2D eigenvalue weighted by atomic mass is 16.1. The van der Waals surface area contributed by atoms with Crippen molar-refractivity contribution in [2.45, 2.75) is 58.4 Å². The molecule has 0 radical (unpaired) electrons. The van der Waals surface area contributed by atoms with Crippen molar-refractivity contribution in [1.29, 1.82) is 0 Å². The molecule has 2 nitrogen and oxygen atoms in total. The SMILES string of the molecule is CC(C)(C)c1ccc(N2CCCC(=O)C2(C)C)cc1. The van der Waals surface area contributed by atoms with Crippen molar-refractivity contribution in [2.75, 3.05) is 11.4 Å². The molecule has 1 aliphatic heterocycles. The molecule has 0 atom stereocenters. The van der Waals surface area contributed by atoms with Crippen molar-refractivity contribution < 1.29 is 4.79 Å². The molecule has 0 saturated carbocycles. The Morgan fingerprint density at radius 2 is 1.68 bits per heavy atom. The quantitative estimate of drug-likeness (QED) is 0.761. The molecule has 0 aromatic heterocycles. The molecule has 2 heteroatoms. The van der Waals surface area contributed by atoms with E-state index in [-0.39, 0.29) is 11.0 Å². The van der Waals surface area contributed by atoms with E-state index in [9.17, 15) is 4.79 Å². The molecular weight excluding hydrogens is 234 g/mol. The highest BCUT2D eigenvalue weighted by molar-refractivity contribution is 5.92. The van der Waals surface area contributed by atoms with Crippen LogP contribution in [0, 0.1) is 0 Å². The summed E-state index contributed by atoms with van der Waals surface area (Å²) in [6.07, 6.45) is 1.67. The summed E-state index contributed by atoms with van der Waals surface area (Å²) in [5.74, 6) is 0.346. The number of hydrogen-bond acceptors (Lipinski definition) is 2. The third-order valence-electron chi connectivity index (χ3n) is 4.19. The van der Waals surface area contributed by atoms with Gasteiger partial charge in [0.15, 0.2) is 5.78 Å². The van der Waals surface area contributed by atoms with Crippen molar-refractivity contribution in [3.8, 4) is 0 Å². The maximum absolute atomic E-state index is 12.1. The lowest BCUT2D eigenvalue weighted by Crippen LogP contribution is -2.54. The predicted octanol–water partition coefficient (Wildman–Crippen LogP) is 3.93. The summed E-state index contributed by atoms with van der Waals surface area (Å²) in [5.41, 5.74) is 2.29. The second-order valence-electron chi connectivity index (χ2n) is 7.03. The Balaban J connectivity index is 2.29. The van der Waals surface area contributed by atoms with Gasteiger partial charge in [-0.2, -0.15) is 0 Å². The fourth-order valence-electron chi connectivity index (χ4n) is 2.73. The average Bonchev–Trinajstić information content (AvgIpc) is 2.32. The minimum absolute atomic E-state index is 0.172. The number of nitrogens with zero attached hydrogens (tertiary/aromatic N) is 1. The Kier molecular flexibility index (Phi) is 3.46. The summed E-state index contributed by atoms with van der Waals surface area (Å²) < 4.78 is 0. The molecule has 1 saturated heterocycles. The molecule has 2 rings (SSSR count). The van der Waals surface area contributed by atoms with Crippen LogP contribution in [0.5, 0.6) is 0 Å². The van der Waals surface area contributed by atoms with Crippen LogP contribution in [-0.4, -0.2) is 17.9 Å². The summed E-state index contributed by atoms with van der Waals surface area (Å²) in [5, 5.41) is 0. The van der Waals surface area contributed by atoms with E-state index in [0.717, 1.165) is 18.7 Å². The lowest BCUT2D eigenvalue weighted by molar-refractivity contribution is -0.124. The normalized spacial score (nSPS) is 19.6. The molecule has 0 unspecified atom stereocenters. The maximum atomic E-state index is 12.1. The number of ketones is 1. The van der Waals surface area contributed by atoms with Gasteiger partial charge in [-0.1, -0.05) is 32.9 Å². The largest absolute Gasteiger partial charge is 0.359 e. The topological polar surface area (TPSA) is 20.3 Å². The molecule has 1 fully saturated rings. The second kappa shape index (κ2) is 4.66. The molecule has 0 spiro atoms. The van der Waals surface area contributed by atoms with Gasteiger partial charge in [0.25, 0.3) is 0 Å². The summed E-state index contributed by atoms with van der Waals surface area (Å²) in [6, 6.07) is 8.68. The third kappa shape index (κ3) is 2.68. The van der Waals surface area contributed by atoms with Gasteiger partial charge in [0, 0.05) is 18.7 Å². The molecule has 0 N–H and O–H groups in total. The van der Waals surface area contributed by atoms with Crippen molar-refractivity contribution in [2.24, 2.45) is 0 Å². The minimum Gasteiger partial charge on any atom is -0.359 e. The molecule has 0 amide bonds. The van der Waals surface area contributed by atoms with E-state index in [1.807, 2.05) is 13.8 Å². The molecule has 19 heavy (non-hydrogen) atoms. The van der Waals surface area contributed by atoms with Crippen LogP contribution in [0.3, 0.4) is 0 Å². The Morgan fingerprint density at radius 3 is 2.21 bits per heavy atom. The van der Waals surface area contributed by atoms with Crippen LogP contribution in [0.1, 0.15) is 53.0 Å². The smallest absolute Gasteiger partial charge is 0.157 e. The summed E-state index contributed by atoms with van der Waals surface area (Å²) in [6.45, 7) is 11.7. The van der Waals surface area contributed by atoms with Crippen molar-refractivity contribution >= 4 is 11.5 Å². The predicted molar refractivity (Wildman–Crippen MR) is 80.8 cm³/mol.